The summed E-state index contributed by atoms with van der Waals surface area (Å²) >= 11 is 6.22. The SMILES string of the molecule is NC(=NO)c1ccc(N2CCCC2CO)c(Cl)c1. The summed E-state index contributed by atoms with van der Waals surface area (Å²) in [5.41, 5.74) is 6.96. The minimum atomic E-state index is 0.0311. The lowest BCUT2D eigenvalue weighted by Crippen LogP contribution is -2.32. The topological polar surface area (TPSA) is 82.1 Å². The molecule has 1 aliphatic heterocycles. The van der Waals surface area contributed by atoms with Gasteiger partial charge in [-0.25, -0.2) is 0 Å². The Labute approximate surface area is 110 Å². The van der Waals surface area contributed by atoms with Gasteiger partial charge in [-0.3, -0.25) is 0 Å². The molecule has 1 saturated heterocycles. The van der Waals surface area contributed by atoms with Gasteiger partial charge in [0.2, 0.25) is 0 Å². The van der Waals surface area contributed by atoms with Crippen molar-refractivity contribution in [2.45, 2.75) is 18.9 Å². The molecule has 5 nitrogen and oxygen atoms in total. The van der Waals surface area contributed by atoms with Crippen molar-refractivity contribution in [3.63, 3.8) is 0 Å². The average Bonchev–Trinajstić information content (AvgIpc) is 2.85. The van der Waals surface area contributed by atoms with Crippen LogP contribution in [0.2, 0.25) is 5.02 Å². The fourth-order valence-corrected chi connectivity index (χ4v) is 2.59. The van der Waals surface area contributed by atoms with Gasteiger partial charge in [-0.1, -0.05) is 16.8 Å². The highest BCUT2D eigenvalue weighted by Gasteiger charge is 2.25. The van der Waals surface area contributed by atoms with Crippen LogP contribution >= 0.6 is 11.6 Å². The molecular weight excluding hydrogens is 254 g/mol. The second-order valence-corrected chi connectivity index (χ2v) is 4.73. The van der Waals surface area contributed by atoms with Crippen LogP contribution in [0.4, 0.5) is 5.69 Å². The number of benzene rings is 1. The lowest BCUT2D eigenvalue weighted by Gasteiger charge is -2.26. The van der Waals surface area contributed by atoms with Gasteiger partial charge in [0.25, 0.3) is 0 Å². The van der Waals surface area contributed by atoms with Crippen LogP contribution in [0.25, 0.3) is 0 Å². The molecule has 0 aromatic heterocycles. The summed E-state index contributed by atoms with van der Waals surface area (Å²) in [4.78, 5) is 2.10. The molecule has 4 N–H and O–H groups in total. The summed E-state index contributed by atoms with van der Waals surface area (Å²) in [6.07, 6.45) is 2.01. The van der Waals surface area contributed by atoms with Gasteiger partial charge in [0, 0.05) is 12.1 Å². The highest BCUT2D eigenvalue weighted by molar-refractivity contribution is 6.33. The highest BCUT2D eigenvalue weighted by Crippen LogP contribution is 2.32. The van der Waals surface area contributed by atoms with Crippen LogP contribution in [-0.4, -0.2) is 35.3 Å². The molecule has 1 heterocycles. The third-order valence-corrected chi connectivity index (χ3v) is 3.55. The molecule has 2 rings (SSSR count). The van der Waals surface area contributed by atoms with E-state index >= 15 is 0 Å². The molecular formula is C12H16ClN3O2. The summed E-state index contributed by atoms with van der Waals surface area (Å²) in [5, 5.41) is 21.4. The maximum absolute atomic E-state index is 9.31. The number of aliphatic hydroxyl groups excluding tert-OH is 1. The molecule has 0 saturated carbocycles. The maximum atomic E-state index is 9.31. The van der Waals surface area contributed by atoms with E-state index in [4.69, 9.17) is 22.5 Å². The Bertz CT molecular complexity index is 465. The fraction of sp³-hybridized carbons (Fsp3) is 0.417. The number of nitrogens with two attached hydrogens (primary N) is 1. The van der Waals surface area contributed by atoms with Crippen LogP contribution in [0.15, 0.2) is 23.4 Å². The number of nitrogens with zero attached hydrogens (tertiary/aromatic N) is 2. The van der Waals surface area contributed by atoms with E-state index in [1.807, 2.05) is 6.07 Å². The van der Waals surface area contributed by atoms with Crippen LogP contribution in [0, 0.1) is 0 Å². The number of amidine groups is 1. The van der Waals surface area contributed by atoms with Crippen LogP contribution in [0.1, 0.15) is 18.4 Å². The van der Waals surface area contributed by atoms with Gasteiger partial charge in [-0.05, 0) is 31.0 Å². The van der Waals surface area contributed by atoms with E-state index in [2.05, 4.69) is 10.1 Å². The fourth-order valence-electron chi connectivity index (χ4n) is 2.30. The molecule has 0 bridgehead atoms. The Morgan fingerprint density at radius 2 is 2.33 bits per heavy atom. The van der Waals surface area contributed by atoms with Crippen molar-refractivity contribution in [1.29, 1.82) is 0 Å². The van der Waals surface area contributed by atoms with Gasteiger partial charge in [0.05, 0.1) is 23.4 Å². The van der Waals surface area contributed by atoms with E-state index in [-0.39, 0.29) is 18.5 Å². The number of hydrogen-bond acceptors (Lipinski definition) is 4. The minimum Gasteiger partial charge on any atom is -0.409 e. The third-order valence-electron chi connectivity index (χ3n) is 3.25. The Balaban J connectivity index is 2.30. The van der Waals surface area contributed by atoms with Crippen LogP contribution in [-0.2, 0) is 0 Å². The van der Waals surface area contributed by atoms with E-state index < -0.39 is 0 Å². The van der Waals surface area contributed by atoms with E-state index in [0.717, 1.165) is 25.1 Å². The standard InChI is InChI=1S/C12H16ClN3O2/c13-10-6-8(12(14)15-18)3-4-11(10)16-5-1-2-9(16)7-17/h3-4,6,9,17-18H,1-2,5,7H2,(H2,14,15). The second-order valence-electron chi connectivity index (χ2n) is 4.32. The van der Waals surface area contributed by atoms with Gasteiger partial charge in [0.15, 0.2) is 5.84 Å². The Morgan fingerprint density at radius 3 is 2.94 bits per heavy atom. The quantitative estimate of drug-likeness (QED) is 0.335. The van der Waals surface area contributed by atoms with Gasteiger partial charge >= 0.3 is 0 Å². The molecule has 98 valence electrons. The first-order chi connectivity index (χ1) is 8.67. The molecule has 0 aliphatic carbocycles. The van der Waals surface area contributed by atoms with Crippen LogP contribution in [0.5, 0.6) is 0 Å². The molecule has 18 heavy (non-hydrogen) atoms. The number of hydrogen-bond donors (Lipinski definition) is 3. The monoisotopic (exact) mass is 269 g/mol. The van der Waals surface area contributed by atoms with Gasteiger partial charge in [-0.15, -0.1) is 0 Å². The molecule has 6 heteroatoms. The predicted molar refractivity (Wildman–Crippen MR) is 71.4 cm³/mol. The van der Waals surface area contributed by atoms with E-state index in [0.29, 0.717) is 10.6 Å². The molecule has 1 aliphatic rings. The third kappa shape index (κ3) is 2.37. The summed E-state index contributed by atoms with van der Waals surface area (Å²) in [7, 11) is 0. The maximum Gasteiger partial charge on any atom is 0.170 e. The normalized spacial score (nSPS) is 20.4. The highest BCUT2D eigenvalue weighted by atomic mass is 35.5. The van der Waals surface area contributed by atoms with Crippen molar-refractivity contribution < 1.29 is 10.3 Å². The average molecular weight is 270 g/mol. The summed E-state index contributed by atoms with van der Waals surface area (Å²) in [6, 6.07) is 5.38. The summed E-state index contributed by atoms with van der Waals surface area (Å²) in [5.74, 6) is 0.0311. The van der Waals surface area contributed by atoms with Gasteiger partial charge < -0.3 is 20.9 Å². The van der Waals surface area contributed by atoms with Crippen molar-refractivity contribution in [2.75, 3.05) is 18.1 Å². The van der Waals surface area contributed by atoms with Crippen molar-refractivity contribution >= 4 is 23.1 Å². The first-order valence-electron chi connectivity index (χ1n) is 5.82. The summed E-state index contributed by atoms with van der Waals surface area (Å²) in [6.45, 7) is 1.01. The second kappa shape index (κ2) is 5.46. The van der Waals surface area contributed by atoms with Crippen LogP contribution < -0.4 is 10.6 Å². The minimum absolute atomic E-state index is 0.0311. The lowest BCUT2D eigenvalue weighted by molar-refractivity contribution is 0.266. The number of anilines is 1. The summed E-state index contributed by atoms with van der Waals surface area (Å²) < 4.78 is 0. The first-order valence-corrected chi connectivity index (χ1v) is 6.20. The molecule has 1 unspecified atom stereocenters. The van der Waals surface area contributed by atoms with Crippen molar-refractivity contribution in [3.05, 3.63) is 28.8 Å². The lowest BCUT2D eigenvalue weighted by atomic mass is 10.1. The number of halogens is 1. The number of oxime groups is 1. The zero-order chi connectivity index (χ0) is 13.1. The van der Waals surface area contributed by atoms with Crippen molar-refractivity contribution in [1.82, 2.24) is 0 Å². The van der Waals surface area contributed by atoms with Gasteiger partial charge in [-0.2, -0.15) is 0 Å². The Hall–Kier alpha value is -1.46. The van der Waals surface area contributed by atoms with Crippen molar-refractivity contribution in [3.8, 4) is 0 Å². The first kappa shape index (κ1) is 13.0. The van der Waals surface area contributed by atoms with Crippen molar-refractivity contribution in [2.24, 2.45) is 10.9 Å². The van der Waals surface area contributed by atoms with E-state index in [1.54, 1.807) is 12.1 Å². The molecule has 0 spiro atoms. The number of rotatable bonds is 3. The van der Waals surface area contributed by atoms with E-state index in [1.165, 1.54) is 0 Å². The smallest absolute Gasteiger partial charge is 0.170 e. The molecule has 0 amide bonds. The van der Waals surface area contributed by atoms with E-state index in [9.17, 15) is 5.11 Å². The largest absolute Gasteiger partial charge is 0.409 e. The molecule has 1 fully saturated rings. The predicted octanol–water partition coefficient (Wildman–Crippen LogP) is 1.40. The molecule has 0 radical (unpaired) electrons. The molecule has 1 aromatic carbocycles. The number of aliphatic hydroxyl groups is 1. The Kier molecular flexibility index (Phi) is 3.93. The molecule has 1 aromatic rings. The zero-order valence-electron chi connectivity index (χ0n) is 9.88. The van der Waals surface area contributed by atoms with Gasteiger partial charge in [0.1, 0.15) is 0 Å². The zero-order valence-corrected chi connectivity index (χ0v) is 10.6. The molecule has 1 atom stereocenters. The Morgan fingerprint density at radius 1 is 1.56 bits per heavy atom. The van der Waals surface area contributed by atoms with Crippen LogP contribution in [0.3, 0.4) is 0 Å².